The van der Waals surface area contributed by atoms with Gasteiger partial charge in [-0.2, -0.15) is 13.1 Å². The SMILES string of the molecule is COc1cc(C(=O)OCC(=O)c2ccc(S(=O)(=O)N3CCCCC3)cc2)ccc1OC(F)F. The van der Waals surface area contributed by atoms with Gasteiger partial charge in [0.25, 0.3) is 0 Å². The first-order chi connectivity index (χ1) is 15.7. The lowest BCUT2D eigenvalue weighted by atomic mass is 10.1. The van der Waals surface area contributed by atoms with Crippen LogP contribution in [0.3, 0.4) is 0 Å². The average Bonchev–Trinajstić information content (AvgIpc) is 2.82. The summed E-state index contributed by atoms with van der Waals surface area (Å²) in [5.74, 6) is -1.74. The zero-order chi connectivity index (χ0) is 24.0. The van der Waals surface area contributed by atoms with E-state index in [9.17, 15) is 26.8 Å². The Balaban J connectivity index is 1.62. The number of ether oxygens (including phenoxy) is 3. The molecule has 33 heavy (non-hydrogen) atoms. The highest BCUT2D eigenvalue weighted by atomic mass is 32.2. The van der Waals surface area contributed by atoms with Crippen molar-refractivity contribution in [3.8, 4) is 11.5 Å². The summed E-state index contributed by atoms with van der Waals surface area (Å²) in [5.41, 5.74) is 0.155. The summed E-state index contributed by atoms with van der Waals surface area (Å²) < 4.78 is 65.8. The Hall–Kier alpha value is -3.05. The molecule has 3 rings (SSSR count). The van der Waals surface area contributed by atoms with Crippen molar-refractivity contribution < 1.29 is 41.0 Å². The number of carbonyl (C=O) groups is 2. The molecule has 8 nitrogen and oxygen atoms in total. The number of benzene rings is 2. The van der Waals surface area contributed by atoms with E-state index in [0.717, 1.165) is 31.4 Å². The molecule has 2 aromatic carbocycles. The molecule has 1 heterocycles. The van der Waals surface area contributed by atoms with E-state index >= 15 is 0 Å². The van der Waals surface area contributed by atoms with Gasteiger partial charge in [0.05, 0.1) is 17.6 Å². The lowest BCUT2D eigenvalue weighted by molar-refractivity contribution is -0.0512. The Kier molecular flexibility index (Phi) is 7.98. The van der Waals surface area contributed by atoms with Crippen molar-refractivity contribution in [1.29, 1.82) is 0 Å². The summed E-state index contributed by atoms with van der Waals surface area (Å²) in [6.07, 6.45) is 2.63. The van der Waals surface area contributed by atoms with Crippen LogP contribution in [0.2, 0.25) is 0 Å². The number of hydrogen-bond acceptors (Lipinski definition) is 7. The van der Waals surface area contributed by atoms with E-state index in [1.807, 2.05) is 0 Å². The monoisotopic (exact) mass is 483 g/mol. The molecule has 0 aromatic heterocycles. The number of piperidine rings is 1. The average molecular weight is 483 g/mol. The van der Waals surface area contributed by atoms with E-state index in [2.05, 4.69) is 4.74 Å². The Morgan fingerprint density at radius 2 is 1.61 bits per heavy atom. The first kappa shape index (κ1) is 24.6. The van der Waals surface area contributed by atoms with E-state index in [1.54, 1.807) is 0 Å². The molecule has 2 aromatic rings. The van der Waals surface area contributed by atoms with Gasteiger partial charge >= 0.3 is 12.6 Å². The second kappa shape index (κ2) is 10.7. The van der Waals surface area contributed by atoms with E-state index < -0.39 is 35.0 Å². The van der Waals surface area contributed by atoms with Crippen molar-refractivity contribution in [2.24, 2.45) is 0 Å². The maximum absolute atomic E-state index is 12.7. The minimum absolute atomic E-state index is 0.0239. The molecule has 0 saturated carbocycles. The smallest absolute Gasteiger partial charge is 0.387 e. The summed E-state index contributed by atoms with van der Waals surface area (Å²) in [6.45, 7) is -2.71. The molecule has 0 bridgehead atoms. The quantitative estimate of drug-likeness (QED) is 0.398. The van der Waals surface area contributed by atoms with Crippen LogP contribution in [0.5, 0.6) is 11.5 Å². The van der Waals surface area contributed by atoms with Gasteiger partial charge in [-0.05, 0) is 55.3 Å². The molecule has 1 fully saturated rings. The second-order valence-electron chi connectivity index (χ2n) is 7.23. The standard InChI is InChI=1S/C22H23F2NO7S/c1-30-20-13-16(7-10-19(20)32-22(23)24)21(27)31-14-18(26)15-5-8-17(9-6-15)33(28,29)25-11-3-2-4-12-25/h5-10,13,22H,2-4,11-12,14H2,1H3. The van der Waals surface area contributed by atoms with Crippen LogP contribution in [0, 0.1) is 0 Å². The zero-order valence-corrected chi connectivity index (χ0v) is 18.6. The number of sulfonamides is 1. The van der Waals surface area contributed by atoms with Crippen molar-refractivity contribution in [3.05, 3.63) is 53.6 Å². The fourth-order valence-corrected chi connectivity index (χ4v) is 4.87. The van der Waals surface area contributed by atoms with E-state index in [4.69, 9.17) is 9.47 Å². The van der Waals surface area contributed by atoms with Crippen molar-refractivity contribution in [2.75, 3.05) is 26.8 Å². The van der Waals surface area contributed by atoms with Crippen molar-refractivity contribution >= 4 is 21.8 Å². The fraction of sp³-hybridized carbons (Fsp3) is 0.364. The van der Waals surface area contributed by atoms with E-state index in [0.29, 0.717) is 13.1 Å². The first-order valence-electron chi connectivity index (χ1n) is 10.2. The maximum atomic E-state index is 12.7. The maximum Gasteiger partial charge on any atom is 0.387 e. The van der Waals surface area contributed by atoms with Gasteiger partial charge in [0.1, 0.15) is 0 Å². The summed E-state index contributed by atoms with van der Waals surface area (Å²) in [5, 5.41) is 0. The highest BCUT2D eigenvalue weighted by molar-refractivity contribution is 7.89. The van der Waals surface area contributed by atoms with Gasteiger partial charge in [-0.3, -0.25) is 4.79 Å². The Bertz CT molecular complexity index is 1100. The highest BCUT2D eigenvalue weighted by Gasteiger charge is 2.26. The lowest BCUT2D eigenvalue weighted by Gasteiger charge is -2.25. The molecule has 1 aliphatic rings. The van der Waals surface area contributed by atoms with Crippen molar-refractivity contribution in [3.63, 3.8) is 0 Å². The number of carbonyl (C=O) groups excluding carboxylic acids is 2. The van der Waals surface area contributed by atoms with E-state index in [-0.39, 0.29) is 27.5 Å². The molecule has 0 spiro atoms. The van der Waals surface area contributed by atoms with Crippen molar-refractivity contribution in [1.82, 2.24) is 4.31 Å². The summed E-state index contributed by atoms with van der Waals surface area (Å²) in [6, 6.07) is 8.93. The predicted molar refractivity (Wildman–Crippen MR) is 113 cm³/mol. The Morgan fingerprint density at radius 1 is 0.970 bits per heavy atom. The van der Waals surface area contributed by atoms with Gasteiger partial charge in [0.15, 0.2) is 23.9 Å². The molecule has 0 unspecified atom stereocenters. The number of rotatable bonds is 9. The second-order valence-corrected chi connectivity index (χ2v) is 9.17. The molecule has 0 atom stereocenters. The number of hydrogen-bond donors (Lipinski definition) is 0. The third-order valence-corrected chi connectivity index (χ3v) is 6.99. The summed E-state index contributed by atoms with van der Waals surface area (Å²) in [4.78, 5) is 24.7. The van der Waals surface area contributed by atoms with Crippen LogP contribution in [-0.4, -0.2) is 57.9 Å². The van der Waals surface area contributed by atoms with Crippen LogP contribution in [-0.2, 0) is 14.8 Å². The number of esters is 1. The Labute approximate surface area is 190 Å². The first-order valence-corrected chi connectivity index (χ1v) is 11.6. The summed E-state index contributed by atoms with van der Waals surface area (Å²) >= 11 is 0. The minimum atomic E-state index is -3.62. The molecule has 1 saturated heterocycles. The highest BCUT2D eigenvalue weighted by Crippen LogP contribution is 2.29. The number of halogens is 2. The number of nitrogens with zero attached hydrogens (tertiary/aromatic N) is 1. The van der Waals surface area contributed by atoms with Gasteiger partial charge in [-0.15, -0.1) is 0 Å². The third-order valence-electron chi connectivity index (χ3n) is 5.08. The predicted octanol–water partition coefficient (Wildman–Crippen LogP) is 3.51. The minimum Gasteiger partial charge on any atom is -0.493 e. The molecule has 178 valence electrons. The zero-order valence-electron chi connectivity index (χ0n) is 17.8. The van der Waals surface area contributed by atoms with Crippen molar-refractivity contribution in [2.45, 2.75) is 30.8 Å². The van der Waals surface area contributed by atoms with Gasteiger partial charge in [-0.25, -0.2) is 13.2 Å². The number of Topliss-reactive ketones (excluding diaryl/α,β-unsaturated/α-hetero) is 1. The molecular weight excluding hydrogens is 460 g/mol. The molecular formula is C22H23F2NO7S. The number of alkyl halides is 2. The molecule has 11 heteroatoms. The van der Waals surface area contributed by atoms with Gasteiger partial charge < -0.3 is 14.2 Å². The van der Waals surface area contributed by atoms with Gasteiger partial charge in [0, 0.05) is 18.7 Å². The normalized spacial score (nSPS) is 14.7. The summed E-state index contributed by atoms with van der Waals surface area (Å²) in [7, 11) is -2.39. The molecule has 1 aliphatic heterocycles. The van der Waals surface area contributed by atoms with Crippen LogP contribution in [0.4, 0.5) is 8.78 Å². The van der Waals surface area contributed by atoms with Crippen LogP contribution in [0.15, 0.2) is 47.4 Å². The van der Waals surface area contributed by atoms with Gasteiger partial charge in [-0.1, -0.05) is 6.42 Å². The van der Waals surface area contributed by atoms with E-state index in [1.165, 1.54) is 41.7 Å². The lowest BCUT2D eigenvalue weighted by Crippen LogP contribution is -2.35. The molecule has 0 radical (unpaired) electrons. The topological polar surface area (TPSA) is 99.2 Å². The Morgan fingerprint density at radius 3 is 2.21 bits per heavy atom. The van der Waals surface area contributed by atoms with Crippen LogP contribution in [0.1, 0.15) is 40.0 Å². The van der Waals surface area contributed by atoms with Crippen LogP contribution in [0.25, 0.3) is 0 Å². The molecule has 0 amide bonds. The van der Waals surface area contributed by atoms with Gasteiger partial charge in [0.2, 0.25) is 10.0 Å². The number of methoxy groups -OCH3 is 1. The fourth-order valence-electron chi connectivity index (χ4n) is 3.35. The number of ketones is 1. The third kappa shape index (κ3) is 6.05. The largest absolute Gasteiger partial charge is 0.493 e. The van der Waals surface area contributed by atoms with Crippen LogP contribution >= 0.6 is 0 Å². The molecule has 0 N–H and O–H groups in total. The van der Waals surface area contributed by atoms with Crippen LogP contribution < -0.4 is 9.47 Å². The molecule has 0 aliphatic carbocycles.